The quantitative estimate of drug-likeness (QED) is 0.718. The first-order valence-corrected chi connectivity index (χ1v) is 4.37. The van der Waals surface area contributed by atoms with Gasteiger partial charge in [-0.25, -0.2) is 9.37 Å². The molecule has 0 spiro atoms. The summed E-state index contributed by atoms with van der Waals surface area (Å²) in [7, 11) is 0. The fraction of sp³-hybridized carbons (Fsp3) is 0.500. The van der Waals surface area contributed by atoms with Gasteiger partial charge in [0.1, 0.15) is 0 Å². The van der Waals surface area contributed by atoms with E-state index in [9.17, 15) is 4.39 Å². The van der Waals surface area contributed by atoms with Gasteiger partial charge in [-0.3, -0.25) is 0 Å². The third-order valence-electron chi connectivity index (χ3n) is 1.62. The van der Waals surface area contributed by atoms with Crippen LogP contribution in [0.5, 0.6) is 5.88 Å². The standard InChI is InChI=1S/C10H14FNO/c1-7(2)9-5-4-6-10(12-9)13-8(3)11/h4-8H,1-3H3. The molecule has 1 unspecified atom stereocenters. The number of alkyl halides is 1. The van der Waals surface area contributed by atoms with Crippen molar-refractivity contribution < 1.29 is 9.13 Å². The second-order valence-electron chi connectivity index (χ2n) is 3.22. The second-order valence-corrected chi connectivity index (χ2v) is 3.22. The Morgan fingerprint density at radius 3 is 2.54 bits per heavy atom. The molecule has 0 fully saturated rings. The predicted octanol–water partition coefficient (Wildman–Crippen LogP) is 2.90. The summed E-state index contributed by atoms with van der Waals surface area (Å²) in [5, 5.41) is 0. The van der Waals surface area contributed by atoms with Crippen LogP contribution in [0.2, 0.25) is 0 Å². The molecule has 0 aromatic carbocycles. The summed E-state index contributed by atoms with van der Waals surface area (Å²) in [6, 6.07) is 5.38. The highest BCUT2D eigenvalue weighted by atomic mass is 19.1. The third kappa shape index (κ3) is 3.01. The fourth-order valence-electron chi connectivity index (χ4n) is 0.984. The topological polar surface area (TPSA) is 22.1 Å². The molecule has 1 heterocycles. The van der Waals surface area contributed by atoms with Crippen molar-refractivity contribution in [2.45, 2.75) is 33.0 Å². The van der Waals surface area contributed by atoms with E-state index < -0.39 is 6.36 Å². The van der Waals surface area contributed by atoms with E-state index in [1.807, 2.05) is 26.0 Å². The van der Waals surface area contributed by atoms with Crippen LogP contribution >= 0.6 is 0 Å². The van der Waals surface area contributed by atoms with Gasteiger partial charge in [0.2, 0.25) is 12.2 Å². The van der Waals surface area contributed by atoms with Crippen LogP contribution in [-0.2, 0) is 0 Å². The van der Waals surface area contributed by atoms with Crippen LogP contribution in [0.15, 0.2) is 18.2 Å². The van der Waals surface area contributed by atoms with Gasteiger partial charge in [0.15, 0.2) is 0 Å². The van der Waals surface area contributed by atoms with Crippen molar-refractivity contribution >= 4 is 0 Å². The largest absolute Gasteiger partial charge is 0.444 e. The van der Waals surface area contributed by atoms with Crippen molar-refractivity contribution in [1.29, 1.82) is 0 Å². The Morgan fingerprint density at radius 2 is 2.00 bits per heavy atom. The van der Waals surface area contributed by atoms with Crippen LogP contribution in [-0.4, -0.2) is 11.3 Å². The normalized spacial score (nSPS) is 13.0. The summed E-state index contributed by atoms with van der Waals surface area (Å²) in [6.07, 6.45) is -1.31. The summed E-state index contributed by atoms with van der Waals surface area (Å²) in [5.74, 6) is 0.680. The fourth-order valence-corrected chi connectivity index (χ4v) is 0.984. The van der Waals surface area contributed by atoms with Crippen molar-refractivity contribution in [3.05, 3.63) is 23.9 Å². The molecule has 72 valence electrons. The number of rotatable bonds is 3. The van der Waals surface area contributed by atoms with Crippen LogP contribution in [0.4, 0.5) is 4.39 Å². The third-order valence-corrected chi connectivity index (χ3v) is 1.62. The lowest BCUT2D eigenvalue weighted by molar-refractivity contribution is 0.0807. The van der Waals surface area contributed by atoms with E-state index in [0.29, 0.717) is 11.8 Å². The van der Waals surface area contributed by atoms with Crippen molar-refractivity contribution in [3.63, 3.8) is 0 Å². The lowest BCUT2D eigenvalue weighted by Gasteiger charge is -2.08. The molecule has 2 nitrogen and oxygen atoms in total. The number of halogens is 1. The van der Waals surface area contributed by atoms with E-state index in [-0.39, 0.29) is 0 Å². The van der Waals surface area contributed by atoms with Crippen LogP contribution < -0.4 is 4.74 Å². The molecule has 0 saturated carbocycles. The highest BCUT2D eigenvalue weighted by Crippen LogP contribution is 2.16. The summed E-state index contributed by atoms with van der Waals surface area (Å²) in [5.41, 5.74) is 0.915. The zero-order chi connectivity index (χ0) is 9.84. The molecule has 0 aliphatic heterocycles. The van der Waals surface area contributed by atoms with Gasteiger partial charge in [-0.15, -0.1) is 0 Å². The maximum Gasteiger partial charge on any atom is 0.237 e. The lowest BCUT2D eigenvalue weighted by Crippen LogP contribution is -2.06. The summed E-state index contributed by atoms with van der Waals surface area (Å²) < 4.78 is 17.3. The molecular weight excluding hydrogens is 169 g/mol. The molecular formula is C10H14FNO. The van der Waals surface area contributed by atoms with E-state index in [2.05, 4.69) is 4.98 Å². The maximum absolute atomic E-state index is 12.5. The Balaban J connectivity index is 2.79. The van der Waals surface area contributed by atoms with Crippen LogP contribution in [0, 0.1) is 0 Å². The monoisotopic (exact) mass is 183 g/mol. The van der Waals surface area contributed by atoms with E-state index >= 15 is 0 Å². The van der Waals surface area contributed by atoms with Gasteiger partial charge in [-0.2, -0.15) is 0 Å². The first-order chi connectivity index (χ1) is 6.09. The zero-order valence-electron chi connectivity index (χ0n) is 8.12. The smallest absolute Gasteiger partial charge is 0.237 e. The molecule has 0 saturated heterocycles. The molecule has 0 amide bonds. The minimum absolute atomic E-state index is 0.332. The van der Waals surface area contributed by atoms with Gasteiger partial charge in [-0.1, -0.05) is 19.9 Å². The first-order valence-electron chi connectivity index (χ1n) is 4.37. The molecule has 3 heteroatoms. The summed E-state index contributed by atoms with van der Waals surface area (Å²) in [4.78, 5) is 4.15. The Kier molecular flexibility index (Phi) is 3.23. The molecule has 1 atom stereocenters. The van der Waals surface area contributed by atoms with Crippen LogP contribution in [0.1, 0.15) is 32.4 Å². The molecule has 1 aromatic heterocycles. The van der Waals surface area contributed by atoms with E-state index in [4.69, 9.17) is 4.74 Å². The molecule has 13 heavy (non-hydrogen) atoms. The van der Waals surface area contributed by atoms with E-state index in [0.717, 1.165) is 5.69 Å². The SMILES string of the molecule is CC(F)Oc1cccc(C(C)C)n1. The molecule has 1 rings (SSSR count). The summed E-state index contributed by atoms with van der Waals surface area (Å²) >= 11 is 0. The lowest BCUT2D eigenvalue weighted by atomic mass is 10.1. The summed E-state index contributed by atoms with van der Waals surface area (Å²) in [6.45, 7) is 5.40. The first kappa shape index (κ1) is 9.96. The zero-order valence-corrected chi connectivity index (χ0v) is 8.12. The average molecular weight is 183 g/mol. The molecule has 0 aliphatic carbocycles. The average Bonchev–Trinajstić information content (AvgIpc) is 2.03. The highest BCUT2D eigenvalue weighted by Gasteiger charge is 2.04. The minimum Gasteiger partial charge on any atom is -0.444 e. The highest BCUT2D eigenvalue weighted by molar-refractivity contribution is 5.17. The van der Waals surface area contributed by atoms with Gasteiger partial charge in [-0.05, 0) is 12.0 Å². The van der Waals surface area contributed by atoms with E-state index in [1.165, 1.54) is 6.92 Å². The minimum atomic E-state index is -1.31. The van der Waals surface area contributed by atoms with Gasteiger partial charge >= 0.3 is 0 Å². The van der Waals surface area contributed by atoms with E-state index in [1.54, 1.807) is 6.07 Å². The Bertz CT molecular complexity index is 273. The second kappa shape index (κ2) is 4.21. The van der Waals surface area contributed by atoms with Crippen LogP contribution in [0.3, 0.4) is 0 Å². The van der Waals surface area contributed by atoms with Gasteiger partial charge < -0.3 is 4.74 Å². The number of nitrogens with zero attached hydrogens (tertiary/aromatic N) is 1. The van der Waals surface area contributed by atoms with Crippen LogP contribution in [0.25, 0.3) is 0 Å². The number of hydrogen-bond donors (Lipinski definition) is 0. The Labute approximate surface area is 77.8 Å². The van der Waals surface area contributed by atoms with Crippen molar-refractivity contribution in [2.24, 2.45) is 0 Å². The van der Waals surface area contributed by atoms with Crippen molar-refractivity contribution in [3.8, 4) is 5.88 Å². The Hall–Kier alpha value is -1.12. The molecule has 0 radical (unpaired) electrons. The predicted molar refractivity (Wildman–Crippen MR) is 49.5 cm³/mol. The number of aromatic nitrogens is 1. The van der Waals surface area contributed by atoms with Gasteiger partial charge in [0.25, 0.3) is 0 Å². The number of ether oxygens (including phenoxy) is 1. The molecule has 0 aliphatic rings. The molecule has 1 aromatic rings. The van der Waals surface area contributed by atoms with Crippen molar-refractivity contribution in [1.82, 2.24) is 4.98 Å². The van der Waals surface area contributed by atoms with Gasteiger partial charge in [0, 0.05) is 18.7 Å². The number of hydrogen-bond acceptors (Lipinski definition) is 2. The van der Waals surface area contributed by atoms with Crippen molar-refractivity contribution in [2.75, 3.05) is 0 Å². The van der Waals surface area contributed by atoms with Gasteiger partial charge in [0.05, 0.1) is 0 Å². The maximum atomic E-state index is 12.5. The Morgan fingerprint density at radius 1 is 1.31 bits per heavy atom. The number of pyridine rings is 1. The molecule has 0 N–H and O–H groups in total. The molecule has 0 bridgehead atoms.